The van der Waals surface area contributed by atoms with Gasteiger partial charge in [0.2, 0.25) is 5.95 Å². The van der Waals surface area contributed by atoms with Gasteiger partial charge in [-0.25, -0.2) is 9.97 Å². The van der Waals surface area contributed by atoms with Gasteiger partial charge >= 0.3 is 0 Å². The highest BCUT2D eigenvalue weighted by molar-refractivity contribution is 6.04. The molecule has 0 atom stereocenters. The number of carbonyl (C=O) groups is 2. The van der Waals surface area contributed by atoms with Gasteiger partial charge in [0, 0.05) is 55.7 Å². The highest BCUT2D eigenvalue weighted by atomic mass is 16.2. The molecule has 0 radical (unpaired) electrons. The fourth-order valence-corrected chi connectivity index (χ4v) is 4.11. The lowest BCUT2D eigenvalue weighted by molar-refractivity contribution is 0.0746. The third-order valence-corrected chi connectivity index (χ3v) is 5.77. The van der Waals surface area contributed by atoms with Crippen LogP contribution in [-0.4, -0.2) is 62.6 Å². The minimum Gasteiger partial charge on any atom is -0.366 e. The number of primary amides is 1. The normalized spacial score (nSPS) is 13.9. The molecule has 33 heavy (non-hydrogen) atoms. The molecular weight excluding hydrogens is 418 g/mol. The Bertz CT molecular complexity index is 1310. The minimum atomic E-state index is -0.502. The van der Waals surface area contributed by atoms with Crippen LogP contribution in [0.1, 0.15) is 26.3 Å². The Labute approximate surface area is 190 Å². The van der Waals surface area contributed by atoms with E-state index >= 15 is 0 Å². The second-order valence-corrected chi connectivity index (χ2v) is 7.96. The molecule has 9 heteroatoms. The summed E-state index contributed by atoms with van der Waals surface area (Å²) in [6, 6.07) is 14.7. The van der Waals surface area contributed by atoms with E-state index in [9.17, 15) is 9.59 Å². The van der Waals surface area contributed by atoms with Gasteiger partial charge < -0.3 is 15.5 Å². The van der Waals surface area contributed by atoms with Crippen molar-refractivity contribution >= 4 is 28.7 Å². The van der Waals surface area contributed by atoms with Crippen molar-refractivity contribution in [3.8, 4) is 0 Å². The monoisotopic (exact) mass is 441 g/mol. The van der Waals surface area contributed by atoms with Crippen LogP contribution in [-0.2, 0) is 6.54 Å². The number of hydrogen-bond donors (Lipinski definition) is 1. The summed E-state index contributed by atoms with van der Waals surface area (Å²) < 4.78 is 1.76. The van der Waals surface area contributed by atoms with Gasteiger partial charge in [-0.15, -0.1) is 0 Å². The van der Waals surface area contributed by atoms with Crippen molar-refractivity contribution in [2.45, 2.75) is 6.54 Å². The molecular formula is C24H23N7O2. The smallest absolute Gasteiger partial charge is 0.253 e. The molecule has 9 nitrogen and oxygen atoms in total. The van der Waals surface area contributed by atoms with Crippen molar-refractivity contribution in [3.63, 3.8) is 0 Å². The van der Waals surface area contributed by atoms with Gasteiger partial charge in [-0.05, 0) is 29.8 Å². The van der Waals surface area contributed by atoms with Crippen molar-refractivity contribution in [3.05, 3.63) is 83.8 Å². The second kappa shape index (κ2) is 8.70. The summed E-state index contributed by atoms with van der Waals surface area (Å²) >= 11 is 0. The molecule has 1 fully saturated rings. The van der Waals surface area contributed by atoms with Crippen LogP contribution in [0.5, 0.6) is 0 Å². The number of hydrogen-bond acceptors (Lipinski definition) is 6. The number of carbonyl (C=O) groups excluding carboxylic acids is 2. The zero-order chi connectivity index (χ0) is 22.8. The third kappa shape index (κ3) is 4.25. The topological polar surface area (TPSA) is 110 Å². The SMILES string of the molecule is NC(=O)c1cccc2cn(Cc3cccc(C(=O)N4CCN(c5ncccn5)CC4)c3)nc12. The lowest BCUT2D eigenvalue weighted by atomic mass is 10.1. The summed E-state index contributed by atoms with van der Waals surface area (Å²) in [6.07, 6.45) is 5.33. The zero-order valence-electron chi connectivity index (χ0n) is 18.0. The van der Waals surface area contributed by atoms with Gasteiger partial charge in [0.05, 0.1) is 12.1 Å². The number of rotatable bonds is 5. The highest BCUT2D eigenvalue weighted by Crippen LogP contribution is 2.19. The van der Waals surface area contributed by atoms with E-state index in [1.807, 2.05) is 41.4 Å². The Morgan fingerprint density at radius 3 is 2.45 bits per heavy atom. The molecule has 2 N–H and O–H groups in total. The van der Waals surface area contributed by atoms with Gasteiger partial charge in [0.25, 0.3) is 11.8 Å². The molecule has 166 valence electrons. The van der Waals surface area contributed by atoms with E-state index in [0.29, 0.717) is 55.3 Å². The maximum absolute atomic E-state index is 13.1. The quantitative estimate of drug-likeness (QED) is 0.507. The minimum absolute atomic E-state index is 0.00659. The maximum atomic E-state index is 13.1. The van der Waals surface area contributed by atoms with Crippen molar-refractivity contribution in [1.29, 1.82) is 0 Å². The predicted octanol–water partition coefficient (Wildman–Crippen LogP) is 1.94. The van der Waals surface area contributed by atoms with Crippen molar-refractivity contribution in [1.82, 2.24) is 24.6 Å². The number of nitrogens with two attached hydrogens (primary N) is 1. The second-order valence-electron chi connectivity index (χ2n) is 7.96. The van der Waals surface area contributed by atoms with Crippen LogP contribution < -0.4 is 10.6 Å². The van der Waals surface area contributed by atoms with Crippen LogP contribution >= 0.6 is 0 Å². The summed E-state index contributed by atoms with van der Waals surface area (Å²) in [4.78, 5) is 37.3. The molecule has 0 saturated carbocycles. The first-order valence-electron chi connectivity index (χ1n) is 10.7. The Morgan fingerprint density at radius 1 is 0.939 bits per heavy atom. The zero-order valence-corrected chi connectivity index (χ0v) is 18.0. The van der Waals surface area contributed by atoms with E-state index in [4.69, 9.17) is 5.73 Å². The van der Waals surface area contributed by atoms with Gasteiger partial charge in [-0.1, -0.05) is 24.3 Å². The average molecular weight is 441 g/mol. The van der Waals surface area contributed by atoms with E-state index in [2.05, 4.69) is 20.0 Å². The number of benzene rings is 2. The summed E-state index contributed by atoms with van der Waals surface area (Å²) in [7, 11) is 0. The molecule has 5 rings (SSSR count). The van der Waals surface area contributed by atoms with Crippen LogP contribution in [0.2, 0.25) is 0 Å². The molecule has 0 unspecified atom stereocenters. The van der Waals surface area contributed by atoms with Gasteiger partial charge in [-0.2, -0.15) is 5.10 Å². The fourth-order valence-electron chi connectivity index (χ4n) is 4.11. The Hall–Kier alpha value is -4.27. The lowest BCUT2D eigenvalue weighted by Gasteiger charge is -2.34. The molecule has 2 aromatic carbocycles. The molecule has 2 amide bonds. The fraction of sp³-hybridized carbons (Fsp3) is 0.208. The van der Waals surface area contributed by atoms with Gasteiger partial charge in [0.1, 0.15) is 5.52 Å². The van der Waals surface area contributed by atoms with Crippen LogP contribution in [0.4, 0.5) is 5.95 Å². The molecule has 1 aliphatic rings. The number of anilines is 1. The molecule has 0 bridgehead atoms. The summed E-state index contributed by atoms with van der Waals surface area (Å²) in [5.74, 6) is 0.196. The number of fused-ring (bicyclic) bond motifs is 1. The average Bonchev–Trinajstić information content (AvgIpc) is 3.26. The number of nitrogens with zero attached hydrogens (tertiary/aromatic N) is 6. The maximum Gasteiger partial charge on any atom is 0.253 e. The van der Waals surface area contributed by atoms with Crippen LogP contribution in [0.3, 0.4) is 0 Å². The largest absolute Gasteiger partial charge is 0.366 e. The lowest BCUT2D eigenvalue weighted by Crippen LogP contribution is -2.49. The Balaban J connectivity index is 1.29. The van der Waals surface area contributed by atoms with Gasteiger partial charge in [0.15, 0.2) is 0 Å². The van der Waals surface area contributed by atoms with Gasteiger partial charge in [-0.3, -0.25) is 14.3 Å². The first kappa shape index (κ1) is 20.6. The van der Waals surface area contributed by atoms with E-state index < -0.39 is 5.91 Å². The number of aromatic nitrogens is 4. The highest BCUT2D eigenvalue weighted by Gasteiger charge is 2.23. The molecule has 1 aliphatic heterocycles. The number of amides is 2. The summed E-state index contributed by atoms with van der Waals surface area (Å²) in [5, 5.41) is 5.38. The third-order valence-electron chi connectivity index (χ3n) is 5.77. The number of piperazine rings is 1. The summed E-state index contributed by atoms with van der Waals surface area (Å²) in [6.45, 7) is 3.09. The Morgan fingerprint density at radius 2 is 1.70 bits per heavy atom. The van der Waals surface area contributed by atoms with E-state index in [-0.39, 0.29) is 5.91 Å². The molecule has 1 saturated heterocycles. The molecule has 3 heterocycles. The van der Waals surface area contributed by atoms with Crippen molar-refractivity contribution in [2.75, 3.05) is 31.1 Å². The molecule has 0 aliphatic carbocycles. The molecule has 4 aromatic rings. The van der Waals surface area contributed by atoms with E-state index in [0.717, 1.165) is 10.9 Å². The van der Waals surface area contributed by atoms with E-state index in [1.54, 1.807) is 35.3 Å². The first-order valence-corrected chi connectivity index (χ1v) is 10.7. The molecule has 0 spiro atoms. The summed E-state index contributed by atoms with van der Waals surface area (Å²) in [5.41, 5.74) is 8.04. The van der Waals surface area contributed by atoms with Crippen molar-refractivity contribution in [2.24, 2.45) is 5.73 Å². The van der Waals surface area contributed by atoms with Crippen LogP contribution in [0.15, 0.2) is 67.1 Å². The first-order chi connectivity index (χ1) is 16.1. The van der Waals surface area contributed by atoms with Crippen LogP contribution in [0.25, 0.3) is 10.9 Å². The Kier molecular flexibility index (Phi) is 5.43. The van der Waals surface area contributed by atoms with E-state index in [1.165, 1.54) is 0 Å². The predicted molar refractivity (Wildman–Crippen MR) is 124 cm³/mol. The van der Waals surface area contributed by atoms with Crippen LogP contribution in [0, 0.1) is 0 Å². The molecule has 2 aromatic heterocycles. The standard InChI is InChI=1S/C24H23N7O2/c25-22(32)20-7-2-6-19-16-31(28-21(19)20)15-17-4-1-5-18(14-17)23(33)29-10-12-30(13-11-29)24-26-8-3-9-27-24/h1-9,14,16H,10-13,15H2,(H2,25,32). The van der Waals surface area contributed by atoms with Crippen molar-refractivity contribution < 1.29 is 9.59 Å².